The molecule has 1 fully saturated rings. The predicted octanol–water partition coefficient (Wildman–Crippen LogP) is 4.14. The summed E-state index contributed by atoms with van der Waals surface area (Å²) in [5.74, 6) is 0.681. The molecule has 5 aromatic rings. The molecule has 1 saturated heterocycles. The second-order valence-corrected chi connectivity index (χ2v) is 8.86. The Hall–Kier alpha value is -3.58. The van der Waals surface area contributed by atoms with Crippen LogP contribution >= 0.6 is 0 Å². The van der Waals surface area contributed by atoms with Crippen LogP contribution in [0.5, 0.6) is 0 Å². The molecule has 33 heavy (non-hydrogen) atoms. The Kier molecular flexibility index (Phi) is 4.73. The summed E-state index contributed by atoms with van der Waals surface area (Å²) in [6.45, 7) is 5.79. The number of hydrogen-bond donors (Lipinski definition) is 0. The highest BCUT2D eigenvalue weighted by Crippen LogP contribution is 2.27. The van der Waals surface area contributed by atoms with Crippen molar-refractivity contribution < 1.29 is 4.74 Å². The van der Waals surface area contributed by atoms with Gasteiger partial charge >= 0.3 is 0 Å². The summed E-state index contributed by atoms with van der Waals surface area (Å²) in [5, 5.41) is 0.527. The molecule has 1 atom stereocenters. The van der Waals surface area contributed by atoms with Crippen molar-refractivity contribution in [3.63, 3.8) is 0 Å². The molecule has 2 aromatic carbocycles. The average Bonchev–Trinajstić information content (AvgIpc) is 3.43. The third-order valence-electron chi connectivity index (χ3n) is 6.51. The fraction of sp³-hybridized carbons (Fsp3) is 0.308. The number of hydrogen-bond acceptors (Lipinski definition) is 5. The third kappa shape index (κ3) is 3.40. The molecule has 6 rings (SSSR count). The Bertz CT molecular complexity index is 1560. The molecule has 7 heteroatoms. The van der Waals surface area contributed by atoms with Crippen molar-refractivity contribution in [2.45, 2.75) is 45.9 Å². The summed E-state index contributed by atoms with van der Waals surface area (Å²) in [4.78, 5) is 28.5. The number of aromatic nitrogens is 5. The van der Waals surface area contributed by atoms with Crippen LogP contribution in [0, 0.1) is 13.8 Å². The van der Waals surface area contributed by atoms with Gasteiger partial charge < -0.3 is 9.30 Å². The third-order valence-corrected chi connectivity index (χ3v) is 6.51. The van der Waals surface area contributed by atoms with Gasteiger partial charge in [-0.3, -0.25) is 9.36 Å². The number of para-hydroxylation sites is 2. The summed E-state index contributed by atoms with van der Waals surface area (Å²) in [5.41, 5.74) is 5.74. The molecule has 1 aliphatic rings. The van der Waals surface area contributed by atoms with Crippen molar-refractivity contribution in [1.82, 2.24) is 24.1 Å². The zero-order valence-corrected chi connectivity index (χ0v) is 18.8. The normalized spacial score (nSPS) is 16.4. The van der Waals surface area contributed by atoms with E-state index in [1.165, 1.54) is 5.56 Å². The predicted molar refractivity (Wildman–Crippen MR) is 129 cm³/mol. The van der Waals surface area contributed by atoms with Gasteiger partial charge in [-0.25, -0.2) is 15.0 Å². The highest BCUT2D eigenvalue weighted by molar-refractivity contribution is 6.04. The number of fused-ring (bicyclic) bond motifs is 4. The first-order valence-electron chi connectivity index (χ1n) is 11.4. The fourth-order valence-corrected chi connectivity index (χ4v) is 4.73. The van der Waals surface area contributed by atoms with E-state index in [0.717, 1.165) is 36.0 Å². The van der Waals surface area contributed by atoms with Gasteiger partial charge in [0.1, 0.15) is 16.7 Å². The SMILES string of the molecule is Cc1ccc(Cn2c3nc4ccccc4nc3c3c(=O)n(CC4CCCO4)c(C)nc32)cc1. The van der Waals surface area contributed by atoms with Crippen LogP contribution in [-0.2, 0) is 17.8 Å². The maximum Gasteiger partial charge on any atom is 0.265 e. The quantitative estimate of drug-likeness (QED) is 0.421. The number of nitrogens with zero attached hydrogens (tertiary/aromatic N) is 5. The molecule has 0 aliphatic carbocycles. The van der Waals surface area contributed by atoms with Crippen molar-refractivity contribution in [2.75, 3.05) is 6.61 Å². The molecular formula is C26H25N5O2. The van der Waals surface area contributed by atoms with Gasteiger partial charge in [0.15, 0.2) is 11.3 Å². The van der Waals surface area contributed by atoms with Gasteiger partial charge in [-0.2, -0.15) is 0 Å². The lowest BCUT2D eigenvalue weighted by Gasteiger charge is -2.14. The van der Waals surface area contributed by atoms with Crippen LogP contribution in [0.1, 0.15) is 29.8 Å². The molecular weight excluding hydrogens is 414 g/mol. The molecule has 4 heterocycles. The molecule has 0 spiro atoms. The minimum atomic E-state index is -0.0785. The fourth-order valence-electron chi connectivity index (χ4n) is 4.73. The van der Waals surface area contributed by atoms with E-state index in [4.69, 9.17) is 19.7 Å². The number of benzene rings is 2. The lowest BCUT2D eigenvalue weighted by Crippen LogP contribution is -2.29. The van der Waals surface area contributed by atoms with Crippen LogP contribution in [0.25, 0.3) is 33.2 Å². The zero-order chi connectivity index (χ0) is 22.5. The first kappa shape index (κ1) is 20.1. The second-order valence-electron chi connectivity index (χ2n) is 8.86. The Labute approximate surface area is 190 Å². The molecule has 7 nitrogen and oxygen atoms in total. The first-order valence-corrected chi connectivity index (χ1v) is 11.4. The second kappa shape index (κ2) is 7.78. The maximum absolute atomic E-state index is 13.8. The van der Waals surface area contributed by atoms with E-state index in [1.54, 1.807) is 4.57 Å². The lowest BCUT2D eigenvalue weighted by molar-refractivity contribution is 0.0955. The molecule has 0 radical (unpaired) electrons. The highest BCUT2D eigenvalue weighted by Gasteiger charge is 2.24. The van der Waals surface area contributed by atoms with E-state index in [0.29, 0.717) is 41.1 Å². The van der Waals surface area contributed by atoms with Gasteiger partial charge in [0.05, 0.1) is 30.2 Å². The summed E-state index contributed by atoms with van der Waals surface area (Å²) >= 11 is 0. The van der Waals surface area contributed by atoms with Gasteiger partial charge in [0, 0.05) is 6.61 Å². The van der Waals surface area contributed by atoms with E-state index in [-0.39, 0.29) is 11.7 Å². The van der Waals surface area contributed by atoms with Crippen molar-refractivity contribution in [1.29, 1.82) is 0 Å². The van der Waals surface area contributed by atoms with Crippen LogP contribution in [0.2, 0.25) is 0 Å². The lowest BCUT2D eigenvalue weighted by atomic mass is 10.1. The van der Waals surface area contributed by atoms with E-state index in [2.05, 4.69) is 31.2 Å². The van der Waals surface area contributed by atoms with Crippen molar-refractivity contribution in [3.8, 4) is 0 Å². The van der Waals surface area contributed by atoms with E-state index < -0.39 is 0 Å². The van der Waals surface area contributed by atoms with E-state index in [9.17, 15) is 4.79 Å². The summed E-state index contributed by atoms with van der Waals surface area (Å²) in [6.07, 6.45) is 2.04. The number of ether oxygens (including phenoxy) is 1. The van der Waals surface area contributed by atoms with Gasteiger partial charge in [0.25, 0.3) is 5.56 Å². The Morgan fingerprint density at radius 3 is 2.42 bits per heavy atom. The minimum absolute atomic E-state index is 0.0495. The van der Waals surface area contributed by atoms with E-state index >= 15 is 0 Å². The Morgan fingerprint density at radius 1 is 0.939 bits per heavy atom. The number of rotatable bonds is 4. The molecule has 0 saturated carbocycles. The van der Waals surface area contributed by atoms with Gasteiger partial charge in [-0.15, -0.1) is 0 Å². The van der Waals surface area contributed by atoms with Crippen LogP contribution in [0.15, 0.2) is 53.3 Å². The summed E-state index contributed by atoms with van der Waals surface area (Å²) in [6, 6.07) is 16.2. The molecule has 0 amide bonds. The first-order chi connectivity index (χ1) is 16.1. The van der Waals surface area contributed by atoms with E-state index in [1.807, 2.05) is 35.8 Å². The molecule has 1 unspecified atom stereocenters. The highest BCUT2D eigenvalue weighted by atomic mass is 16.5. The largest absolute Gasteiger partial charge is 0.376 e. The van der Waals surface area contributed by atoms with Crippen LogP contribution < -0.4 is 5.56 Å². The smallest absolute Gasteiger partial charge is 0.265 e. The van der Waals surface area contributed by atoms with Crippen molar-refractivity contribution >= 4 is 33.2 Å². The topological polar surface area (TPSA) is 74.8 Å². The molecule has 3 aromatic heterocycles. The average molecular weight is 440 g/mol. The Balaban J connectivity index is 1.63. The van der Waals surface area contributed by atoms with Crippen LogP contribution in [0.3, 0.4) is 0 Å². The van der Waals surface area contributed by atoms with Crippen LogP contribution in [-0.4, -0.2) is 36.8 Å². The standard InChI is InChI=1S/C26H25N5O2/c1-16-9-11-18(12-10-16)14-31-24-22(23-25(31)29-21-8-4-3-7-20(21)28-23)26(32)30(17(2)27-24)15-19-6-5-13-33-19/h3-4,7-12,19H,5-6,13-15H2,1-2H3. The number of aryl methyl sites for hydroxylation is 2. The summed E-state index contributed by atoms with van der Waals surface area (Å²) in [7, 11) is 0. The molecule has 1 aliphatic heterocycles. The zero-order valence-electron chi connectivity index (χ0n) is 18.8. The van der Waals surface area contributed by atoms with Crippen molar-refractivity contribution in [3.05, 3.63) is 75.8 Å². The molecule has 166 valence electrons. The van der Waals surface area contributed by atoms with Gasteiger partial charge in [-0.05, 0) is 44.4 Å². The van der Waals surface area contributed by atoms with Crippen molar-refractivity contribution in [2.24, 2.45) is 0 Å². The molecule has 0 bridgehead atoms. The Morgan fingerprint density at radius 2 is 1.70 bits per heavy atom. The summed E-state index contributed by atoms with van der Waals surface area (Å²) < 4.78 is 9.57. The monoisotopic (exact) mass is 439 g/mol. The van der Waals surface area contributed by atoms with Gasteiger partial charge in [-0.1, -0.05) is 42.0 Å². The molecule has 0 N–H and O–H groups in total. The van der Waals surface area contributed by atoms with Crippen LogP contribution in [0.4, 0.5) is 0 Å². The van der Waals surface area contributed by atoms with Gasteiger partial charge in [0.2, 0.25) is 0 Å². The minimum Gasteiger partial charge on any atom is -0.376 e. The maximum atomic E-state index is 13.8.